The van der Waals surface area contributed by atoms with Gasteiger partial charge in [0.2, 0.25) is 0 Å². The van der Waals surface area contributed by atoms with E-state index in [1.54, 1.807) is 0 Å². The fourth-order valence-electron chi connectivity index (χ4n) is 3.14. The van der Waals surface area contributed by atoms with Crippen LogP contribution in [0, 0.1) is 11.7 Å². The van der Waals surface area contributed by atoms with Gasteiger partial charge in [0.15, 0.2) is 0 Å². The number of benzene rings is 1. The second-order valence-electron chi connectivity index (χ2n) is 6.30. The molecule has 1 aliphatic heterocycles. The second kappa shape index (κ2) is 8.87. The Morgan fingerprint density at radius 3 is 2.79 bits per heavy atom. The van der Waals surface area contributed by atoms with Gasteiger partial charge in [-0.15, -0.1) is 0 Å². The second-order valence-corrected chi connectivity index (χ2v) is 6.30. The Hall–Kier alpha value is -1.82. The normalized spacial score (nSPS) is 20.4. The minimum atomic E-state index is -0.188. The average Bonchev–Trinajstić information content (AvgIpc) is 3.08. The molecule has 3 N–H and O–H groups in total. The van der Waals surface area contributed by atoms with Gasteiger partial charge in [0.1, 0.15) is 5.82 Å². The predicted molar refractivity (Wildman–Crippen MR) is 93.8 cm³/mol. The lowest BCUT2D eigenvalue weighted by Gasteiger charge is -2.19. The number of nitrogens with one attached hydrogen (secondary N) is 3. The van der Waals surface area contributed by atoms with Crippen LogP contribution in [-0.4, -0.2) is 24.6 Å². The molecule has 0 bridgehead atoms. The molecule has 2 heterocycles. The lowest BCUT2D eigenvalue weighted by atomic mass is 9.95. The Morgan fingerprint density at radius 2 is 2.00 bits per heavy atom. The van der Waals surface area contributed by atoms with Crippen LogP contribution in [-0.2, 0) is 6.42 Å². The average molecular weight is 328 g/mol. The van der Waals surface area contributed by atoms with Gasteiger partial charge in [-0.3, -0.25) is 10.4 Å². The molecule has 2 aromatic rings. The summed E-state index contributed by atoms with van der Waals surface area (Å²) in [5.74, 6) is 0.276. The monoisotopic (exact) mass is 328 g/mol. The molecular formula is C19H25FN4. The fraction of sp³-hybridized carbons (Fsp3) is 0.421. The van der Waals surface area contributed by atoms with Crippen LogP contribution in [0.25, 0.3) is 0 Å². The van der Waals surface area contributed by atoms with Crippen molar-refractivity contribution in [3.8, 4) is 0 Å². The van der Waals surface area contributed by atoms with E-state index in [4.69, 9.17) is 0 Å². The molecule has 1 aliphatic rings. The molecule has 0 amide bonds. The van der Waals surface area contributed by atoms with Crippen LogP contribution >= 0.6 is 0 Å². The number of rotatable bonds is 8. The van der Waals surface area contributed by atoms with Crippen molar-refractivity contribution < 1.29 is 4.39 Å². The summed E-state index contributed by atoms with van der Waals surface area (Å²) in [7, 11) is 0. The molecule has 0 radical (unpaired) electrons. The molecular weight excluding hydrogens is 303 g/mol. The molecule has 24 heavy (non-hydrogen) atoms. The van der Waals surface area contributed by atoms with Crippen LogP contribution in [0.5, 0.6) is 0 Å². The van der Waals surface area contributed by atoms with E-state index < -0.39 is 0 Å². The third-order valence-electron chi connectivity index (χ3n) is 4.49. The molecule has 0 saturated carbocycles. The lowest BCUT2D eigenvalue weighted by molar-refractivity contribution is 0.438. The van der Waals surface area contributed by atoms with Crippen molar-refractivity contribution in [2.45, 2.75) is 25.3 Å². The zero-order valence-electron chi connectivity index (χ0n) is 13.8. The number of hydrazine groups is 1. The summed E-state index contributed by atoms with van der Waals surface area (Å²) >= 11 is 0. The summed E-state index contributed by atoms with van der Waals surface area (Å²) in [5, 5.41) is 3.55. The first-order chi connectivity index (χ1) is 11.8. The van der Waals surface area contributed by atoms with Gasteiger partial charge < -0.3 is 5.32 Å². The van der Waals surface area contributed by atoms with Gasteiger partial charge in [-0.1, -0.05) is 18.2 Å². The minimum Gasteiger partial charge on any atom is -0.316 e. The fourth-order valence-corrected chi connectivity index (χ4v) is 3.14. The first-order valence-corrected chi connectivity index (χ1v) is 8.67. The van der Waals surface area contributed by atoms with Crippen LogP contribution in [0.2, 0.25) is 0 Å². The molecule has 2 atom stereocenters. The number of pyridine rings is 1. The molecule has 1 aromatic heterocycles. The van der Waals surface area contributed by atoms with E-state index in [2.05, 4.69) is 27.2 Å². The van der Waals surface area contributed by atoms with E-state index in [-0.39, 0.29) is 11.9 Å². The molecule has 3 rings (SSSR count). The zero-order chi connectivity index (χ0) is 16.6. The van der Waals surface area contributed by atoms with Crippen molar-refractivity contribution in [1.82, 2.24) is 21.2 Å². The highest BCUT2D eigenvalue weighted by Crippen LogP contribution is 2.24. The van der Waals surface area contributed by atoms with Crippen molar-refractivity contribution in [3.63, 3.8) is 0 Å². The topological polar surface area (TPSA) is 49.0 Å². The van der Waals surface area contributed by atoms with Crippen molar-refractivity contribution in [3.05, 3.63) is 65.7 Å². The van der Waals surface area contributed by atoms with Gasteiger partial charge in [0.25, 0.3) is 0 Å². The molecule has 1 saturated heterocycles. The summed E-state index contributed by atoms with van der Waals surface area (Å²) in [6.07, 6.45) is 5.18. The molecule has 4 nitrogen and oxygen atoms in total. The quantitative estimate of drug-likeness (QED) is 0.652. The number of aromatic nitrogens is 1. The smallest absolute Gasteiger partial charge is 0.123 e. The number of hydrogen-bond donors (Lipinski definition) is 3. The van der Waals surface area contributed by atoms with Crippen LogP contribution in [0.4, 0.5) is 4.39 Å². The van der Waals surface area contributed by atoms with Crippen LogP contribution in [0.15, 0.2) is 48.7 Å². The molecule has 0 spiro atoms. The van der Waals surface area contributed by atoms with Crippen molar-refractivity contribution >= 4 is 0 Å². The van der Waals surface area contributed by atoms with E-state index >= 15 is 0 Å². The van der Waals surface area contributed by atoms with Crippen LogP contribution in [0.3, 0.4) is 0 Å². The van der Waals surface area contributed by atoms with Crippen molar-refractivity contribution in [2.75, 3.05) is 19.6 Å². The molecule has 5 heteroatoms. The number of unbranched alkanes of at least 4 members (excludes halogenated alkanes) is 1. The maximum absolute atomic E-state index is 13.1. The summed E-state index contributed by atoms with van der Waals surface area (Å²) in [5.41, 5.74) is 8.81. The third-order valence-corrected chi connectivity index (χ3v) is 4.49. The van der Waals surface area contributed by atoms with Gasteiger partial charge in [-0.25, -0.2) is 9.82 Å². The highest BCUT2D eigenvalue weighted by Gasteiger charge is 2.27. The summed E-state index contributed by atoms with van der Waals surface area (Å²) in [4.78, 5) is 4.35. The highest BCUT2D eigenvalue weighted by atomic mass is 19.1. The van der Waals surface area contributed by atoms with Crippen molar-refractivity contribution in [2.24, 2.45) is 5.92 Å². The number of halogens is 1. The third kappa shape index (κ3) is 4.84. The number of nitrogens with zero attached hydrogens (tertiary/aromatic N) is 1. The van der Waals surface area contributed by atoms with E-state index in [9.17, 15) is 4.39 Å². The Morgan fingerprint density at radius 1 is 1.12 bits per heavy atom. The van der Waals surface area contributed by atoms with Gasteiger partial charge in [0, 0.05) is 30.9 Å². The lowest BCUT2D eigenvalue weighted by Crippen LogP contribution is -2.29. The highest BCUT2D eigenvalue weighted by molar-refractivity contribution is 5.21. The van der Waals surface area contributed by atoms with Crippen LogP contribution < -0.4 is 16.2 Å². The number of hydrogen-bond acceptors (Lipinski definition) is 4. The molecule has 1 fully saturated rings. The predicted octanol–water partition coefficient (Wildman–Crippen LogP) is 2.60. The van der Waals surface area contributed by atoms with Gasteiger partial charge >= 0.3 is 0 Å². The zero-order valence-corrected chi connectivity index (χ0v) is 13.8. The summed E-state index contributed by atoms with van der Waals surface area (Å²) in [6.45, 7) is 2.88. The van der Waals surface area contributed by atoms with Gasteiger partial charge in [-0.2, -0.15) is 0 Å². The Balaban J connectivity index is 1.36. The summed E-state index contributed by atoms with van der Waals surface area (Å²) < 4.78 is 13.1. The van der Waals surface area contributed by atoms with Crippen molar-refractivity contribution in [1.29, 1.82) is 0 Å². The first-order valence-electron chi connectivity index (χ1n) is 8.67. The van der Waals surface area contributed by atoms with E-state index in [1.165, 1.54) is 12.1 Å². The minimum absolute atomic E-state index is 0.188. The molecule has 128 valence electrons. The maximum Gasteiger partial charge on any atom is 0.123 e. The Bertz CT molecular complexity index is 603. The maximum atomic E-state index is 13.1. The van der Waals surface area contributed by atoms with Crippen LogP contribution in [0.1, 0.15) is 30.1 Å². The SMILES string of the molecule is Fc1ccc(C2NNCC2CNCCCCc2ccccn2)cc1. The van der Waals surface area contributed by atoms with E-state index in [0.717, 1.165) is 50.2 Å². The standard InChI is InChI=1S/C19H25FN4/c20-17-9-7-15(8-10-17)19-16(14-23-24-19)13-21-11-3-1-5-18-6-2-4-12-22-18/h2,4,6-10,12,16,19,21,23-24H,1,3,5,11,13-14H2. The Kier molecular flexibility index (Phi) is 6.29. The largest absolute Gasteiger partial charge is 0.316 e. The van der Waals surface area contributed by atoms with E-state index in [1.807, 2.05) is 30.5 Å². The first kappa shape index (κ1) is 17.0. The summed E-state index contributed by atoms with van der Waals surface area (Å²) in [6, 6.07) is 13.1. The molecule has 2 unspecified atom stereocenters. The molecule has 0 aliphatic carbocycles. The Labute approximate surface area is 142 Å². The molecule has 1 aromatic carbocycles. The van der Waals surface area contributed by atoms with E-state index in [0.29, 0.717) is 5.92 Å². The van der Waals surface area contributed by atoms with Gasteiger partial charge in [0.05, 0.1) is 6.04 Å². The number of aryl methyl sites for hydroxylation is 1. The van der Waals surface area contributed by atoms with Gasteiger partial charge in [-0.05, 0) is 55.6 Å².